The Bertz CT molecular complexity index is 990. The average molecular weight is 364 g/mol. The van der Waals surface area contributed by atoms with Crippen LogP contribution in [0, 0.1) is 0 Å². The van der Waals surface area contributed by atoms with E-state index in [2.05, 4.69) is 31.7 Å². The topological polar surface area (TPSA) is 55.8 Å². The molecule has 0 aromatic heterocycles. The monoisotopic (exact) mass is 364 g/mol. The first-order chi connectivity index (χ1) is 13.0. The van der Waals surface area contributed by atoms with Crippen LogP contribution in [0.3, 0.4) is 0 Å². The molecule has 0 saturated heterocycles. The minimum atomic E-state index is -0.920. The van der Waals surface area contributed by atoms with Gasteiger partial charge in [0, 0.05) is 16.3 Å². The minimum Gasteiger partial charge on any atom is -0.489 e. The Morgan fingerprint density at radius 3 is 2.56 bits per heavy atom. The normalized spacial score (nSPS) is 12.1. The number of carbonyl (C=O) groups is 1. The summed E-state index contributed by atoms with van der Waals surface area (Å²) < 4.78 is 11.0. The Labute approximate surface area is 159 Å². The van der Waals surface area contributed by atoms with Gasteiger partial charge in [0.05, 0.1) is 0 Å². The third-order valence-corrected chi connectivity index (χ3v) is 4.50. The van der Waals surface area contributed by atoms with Gasteiger partial charge in [-0.15, -0.1) is 0 Å². The number of aliphatic hydroxyl groups excluding tert-OH is 1. The summed E-state index contributed by atoms with van der Waals surface area (Å²) in [7, 11) is 0. The fraction of sp³-hybridized carbons (Fsp3) is 0.261. The van der Waals surface area contributed by atoms with Gasteiger partial charge in [0.1, 0.15) is 25.1 Å². The summed E-state index contributed by atoms with van der Waals surface area (Å²) in [5, 5.41) is 14.4. The van der Waals surface area contributed by atoms with Crippen LogP contribution in [0.15, 0.2) is 60.7 Å². The number of esters is 1. The molecule has 0 aliphatic rings. The van der Waals surface area contributed by atoms with E-state index in [4.69, 9.17) is 9.47 Å². The third-order valence-electron chi connectivity index (χ3n) is 4.50. The van der Waals surface area contributed by atoms with Crippen molar-refractivity contribution < 1.29 is 19.4 Å². The van der Waals surface area contributed by atoms with Crippen molar-refractivity contribution in [2.24, 2.45) is 0 Å². The fourth-order valence-electron chi connectivity index (χ4n) is 3.10. The highest BCUT2D eigenvalue weighted by atomic mass is 16.5. The van der Waals surface area contributed by atoms with E-state index in [0.29, 0.717) is 5.57 Å². The van der Waals surface area contributed by atoms with E-state index >= 15 is 0 Å². The Morgan fingerprint density at radius 2 is 1.81 bits per heavy atom. The highest BCUT2D eigenvalue weighted by molar-refractivity contribution is 6.06. The van der Waals surface area contributed by atoms with Gasteiger partial charge in [0.2, 0.25) is 0 Å². The molecule has 0 aliphatic carbocycles. The molecule has 140 valence electrons. The second-order valence-electron chi connectivity index (χ2n) is 6.64. The molecule has 27 heavy (non-hydrogen) atoms. The lowest BCUT2D eigenvalue weighted by atomic mass is 9.97. The maximum absolute atomic E-state index is 11.5. The van der Waals surface area contributed by atoms with Crippen LogP contribution in [0.25, 0.3) is 21.5 Å². The molecule has 0 amide bonds. The molecule has 0 bridgehead atoms. The number of aliphatic hydroxyl groups is 1. The van der Waals surface area contributed by atoms with Gasteiger partial charge in [0.25, 0.3) is 0 Å². The van der Waals surface area contributed by atoms with Gasteiger partial charge in [-0.2, -0.15) is 0 Å². The van der Waals surface area contributed by atoms with E-state index in [1.54, 1.807) is 6.92 Å². The lowest BCUT2D eigenvalue weighted by Gasteiger charge is -2.17. The van der Waals surface area contributed by atoms with Crippen LogP contribution in [0.1, 0.15) is 19.4 Å². The number of hydrogen-bond donors (Lipinski definition) is 1. The van der Waals surface area contributed by atoms with Crippen LogP contribution < -0.4 is 4.74 Å². The summed E-state index contributed by atoms with van der Waals surface area (Å²) in [4.78, 5) is 11.5. The van der Waals surface area contributed by atoms with Crippen LogP contribution in [-0.4, -0.2) is 30.4 Å². The van der Waals surface area contributed by atoms with Crippen molar-refractivity contribution in [3.05, 3.63) is 66.2 Å². The quantitative estimate of drug-likeness (QED) is 0.383. The molecule has 1 N–H and O–H groups in total. The lowest BCUT2D eigenvalue weighted by molar-refractivity contribution is -0.142. The van der Waals surface area contributed by atoms with Crippen molar-refractivity contribution in [1.29, 1.82) is 0 Å². The molecule has 4 nitrogen and oxygen atoms in total. The first-order valence-corrected chi connectivity index (χ1v) is 9.08. The third kappa shape index (κ3) is 4.12. The van der Waals surface area contributed by atoms with Crippen molar-refractivity contribution >= 4 is 27.5 Å². The Balaban J connectivity index is 1.90. The lowest BCUT2D eigenvalue weighted by Crippen LogP contribution is -2.25. The molecule has 4 heteroatoms. The number of benzene rings is 3. The standard InChI is InChI=1S/C23H24O4/c1-4-16-9-7-11-20-21(16)12-17-8-5-6-10-19(17)22(20)26-13-18(24)14-27-23(25)15(2)3/h5-12,18,24H,2,4,13-14H2,1,3H3. The predicted molar refractivity (Wildman–Crippen MR) is 108 cm³/mol. The van der Waals surface area contributed by atoms with Crippen LogP contribution in [-0.2, 0) is 16.0 Å². The number of fused-ring (bicyclic) bond motifs is 2. The van der Waals surface area contributed by atoms with E-state index in [-0.39, 0.29) is 13.2 Å². The predicted octanol–water partition coefficient (Wildman–Crippen LogP) is 4.41. The first-order valence-electron chi connectivity index (χ1n) is 9.08. The molecule has 3 aromatic carbocycles. The summed E-state index contributed by atoms with van der Waals surface area (Å²) in [6.45, 7) is 7.12. The van der Waals surface area contributed by atoms with Gasteiger partial charge in [-0.3, -0.25) is 0 Å². The van der Waals surface area contributed by atoms with Crippen LogP contribution in [0.2, 0.25) is 0 Å². The van der Waals surface area contributed by atoms with Crippen molar-refractivity contribution in [2.45, 2.75) is 26.4 Å². The molecular formula is C23H24O4. The van der Waals surface area contributed by atoms with E-state index < -0.39 is 12.1 Å². The van der Waals surface area contributed by atoms with Crippen molar-refractivity contribution in [3.8, 4) is 5.75 Å². The van der Waals surface area contributed by atoms with Crippen molar-refractivity contribution in [2.75, 3.05) is 13.2 Å². The molecule has 1 atom stereocenters. The summed E-state index contributed by atoms with van der Waals surface area (Å²) >= 11 is 0. The maximum Gasteiger partial charge on any atom is 0.333 e. The van der Waals surface area contributed by atoms with Crippen molar-refractivity contribution in [3.63, 3.8) is 0 Å². The van der Waals surface area contributed by atoms with Gasteiger partial charge in [0.15, 0.2) is 0 Å². The van der Waals surface area contributed by atoms with Crippen molar-refractivity contribution in [1.82, 2.24) is 0 Å². The van der Waals surface area contributed by atoms with Gasteiger partial charge >= 0.3 is 5.97 Å². The highest BCUT2D eigenvalue weighted by Gasteiger charge is 2.14. The molecule has 0 fully saturated rings. The Morgan fingerprint density at radius 1 is 1.07 bits per heavy atom. The fourth-order valence-corrected chi connectivity index (χ4v) is 3.10. The van der Waals surface area contributed by atoms with Crippen LogP contribution in [0.5, 0.6) is 5.75 Å². The molecule has 0 aliphatic heterocycles. The first kappa shape index (κ1) is 18.9. The molecule has 1 unspecified atom stereocenters. The summed E-state index contributed by atoms with van der Waals surface area (Å²) in [6.07, 6.45) is 0.00546. The SMILES string of the molecule is C=C(C)C(=O)OCC(O)COc1c2ccccc2cc2c(CC)cccc12. The van der Waals surface area contributed by atoms with Gasteiger partial charge < -0.3 is 14.6 Å². The van der Waals surface area contributed by atoms with Gasteiger partial charge in [-0.25, -0.2) is 4.79 Å². The second-order valence-corrected chi connectivity index (χ2v) is 6.64. The molecule has 3 rings (SSSR count). The van der Waals surface area contributed by atoms with E-state index in [1.165, 1.54) is 5.56 Å². The zero-order valence-electron chi connectivity index (χ0n) is 15.7. The second kappa shape index (κ2) is 8.23. The largest absolute Gasteiger partial charge is 0.489 e. The number of carbonyl (C=O) groups excluding carboxylic acids is 1. The molecule has 0 heterocycles. The number of ether oxygens (including phenoxy) is 2. The molecular weight excluding hydrogens is 340 g/mol. The van der Waals surface area contributed by atoms with Crippen LogP contribution in [0.4, 0.5) is 0 Å². The Kier molecular flexibility index (Phi) is 5.77. The molecule has 3 aromatic rings. The smallest absolute Gasteiger partial charge is 0.333 e. The minimum absolute atomic E-state index is 0.0307. The number of rotatable bonds is 7. The van der Waals surface area contributed by atoms with Gasteiger partial charge in [-0.05, 0) is 35.7 Å². The van der Waals surface area contributed by atoms with Gasteiger partial charge in [-0.1, -0.05) is 56.0 Å². The molecule has 0 spiro atoms. The average Bonchev–Trinajstić information content (AvgIpc) is 2.68. The molecule has 0 radical (unpaired) electrons. The summed E-state index contributed by atoms with van der Waals surface area (Å²) in [5.74, 6) is 0.223. The Hall–Kier alpha value is -2.85. The highest BCUT2D eigenvalue weighted by Crippen LogP contribution is 2.36. The summed E-state index contributed by atoms with van der Waals surface area (Å²) in [6, 6.07) is 16.4. The van der Waals surface area contributed by atoms with E-state index in [0.717, 1.165) is 33.7 Å². The van der Waals surface area contributed by atoms with E-state index in [9.17, 15) is 9.90 Å². The number of aryl methyl sites for hydroxylation is 1. The maximum atomic E-state index is 11.5. The molecule has 0 saturated carbocycles. The summed E-state index contributed by atoms with van der Waals surface area (Å²) in [5.41, 5.74) is 1.55. The zero-order valence-corrected chi connectivity index (χ0v) is 15.7. The number of hydrogen-bond acceptors (Lipinski definition) is 4. The zero-order chi connectivity index (χ0) is 19.4. The van der Waals surface area contributed by atoms with Crippen LogP contribution >= 0.6 is 0 Å². The van der Waals surface area contributed by atoms with E-state index in [1.807, 2.05) is 30.3 Å².